The Morgan fingerprint density at radius 3 is 2.04 bits per heavy atom. The molecule has 0 spiro atoms. The summed E-state index contributed by atoms with van der Waals surface area (Å²) in [6.45, 7) is 4.76. The summed E-state index contributed by atoms with van der Waals surface area (Å²) in [6, 6.07) is 1.61. The van der Waals surface area contributed by atoms with E-state index < -0.39 is 17.9 Å². The fourth-order valence-electron chi connectivity index (χ4n) is 1.92. The van der Waals surface area contributed by atoms with Gasteiger partial charge in [0.1, 0.15) is 0 Å². The lowest BCUT2D eigenvalue weighted by Crippen LogP contribution is -2.03. The predicted molar refractivity (Wildman–Crippen MR) is 105 cm³/mol. The molecule has 0 atom stereocenters. The first-order valence-electron chi connectivity index (χ1n) is 8.93. The van der Waals surface area contributed by atoms with Crippen LogP contribution in [0.2, 0.25) is 0 Å². The molecule has 0 aliphatic heterocycles. The fourth-order valence-corrected chi connectivity index (χ4v) is 2.88. The molecule has 7 heteroatoms. The van der Waals surface area contributed by atoms with Crippen LogP contribution in [0.3, 0.4) is 0 Å². The number of ether oxygens (including phenoxy) is 3. The minimum Gasteiger partial charge on any atom is -0.465 e. The summed E-state index contributed by atoms with van der Waals surface area (Å²) in [5.74, 6) is -1.42. The number of methoxy groups -OCH3 is 1. The second-order valence-corrected chi connectivity index (χ2v) is 6.74. The Morgan fingerprint density at radius 2 is 1.52 bits per heavy atom. The number of hydrogen-bond acceptors (Lipinski definition) is 7. The van der Waals surface area contributed by atoms with Gasteiger partial charge in [0, 0.05) is 21.9 Å². The minimum atomic E-state index is -0.518. The number of rotatable bonds is 11. The average molecular weight is 394 g/mol. The Balaban J connectivity index is 2.83. The third-order valence-electron chi connectivity index (χ3n) is 3.42. The molecule has 1 rings (SSSR count). The van der Waals surface area contributed by atoms with Gasteiger partial charge in [0.15, 0.2) is 0 Å². The SMILES string of the molecule is CCCCOC(=O)/C=C/c1cc(C(=O)OC)c(/C=C/C(=O)OCCCC)s1. The van der Waals surface area contributed by atoms with Gasteiger partial charge < -0.3 is 14.2 Å². The summed E-state index contributed by atoms with van der Waals surface area (Å²) in [7, 11) is 1.28. The predicted octanol–water partition coefficient (Wildman–Crippen LogP) is 4.25. The third-order valence-corrected chi connectivity index (χ3v) is 4.49. The maximum absolute atomic E-state index is 11.9. The Hall–Kier alpha value is -2.41. The number of unbranched alkanes of at least 4 members (excludes halogenated alkanes) is 2. The van der Waals surface area contributed by atoms with Gasteiger partial charge in [-0.15, -0.1) is 11.3 Å². The van der Waals surface area contributed by atoms with Crippen LogP contribution in [-0.2, 0) is 23.8 Å². The summed E-state index contributed by atoms with van der Waals surface area (Å²) in [5.41, 5.74) is 0.319. The van der Waals surface area contributed by atoms with Crippen molar-refractivity contribution < 1.29 is 28.6 Å². The molecule has 1 aromatic heterocycles. The summed E-state index contributed by atoms with van der Waals surface area (Å²) in [6.07, 6.45) is 9.18. The zero-order valence-corrected chi connectivity index (χ0v) is 16.8. The monoisotopic (exact) mass is 394 g/mol. The molecule has 0 fully saturated rings. The topological polar surface area (TPSA) is 78.9 Å². The Kier molecular flexibility index (Phi) is 10.8. The molecule has 0 aromatic carbocycles. The van der Waals surface area contributed by atoms with Gasteiger partial charge >= 0.3 is 17.9 Å². The Morgan fingerprint density at radius 1 is 0.963 bits per heavy atom. The van der Waals surface area contributed by atoms with E-state index in [2.05, 4.69) is 0 Å². The highest BCUT2D eigenvalue weighted by atomic mass is 32.1. The molecule has 1 heterocycles. The van der Waals surface area contributed by atoms with Crippen molar-refractivity contribution in [1.29, 1.82) is 0 Å². The highest BCUT2D eigenvalue weighted by Gasteiger charge is 2.14. The van der Waals surface area contributed by atoms with E-state index in [0.717, 1.165) is 25.7 Å². The van der Waals surface area contributed by atoms with Gasteiger partial charge in [-0.05, 0) is 31.1 Å². The van der Waals surface area contributed by atoms with E-state index in [4.69, 9.17) is 14.2 Å². The largest absolute Gasteiger partial charge is 0.465 e. The summed E-state index contributed by atoms with van der Waals surface area (Å²) in [4.78, 5) is 36.5. The van der Waals surface area contributed by atoms with Crippen molar-refractivity contribution in [3.05, 3.63) is 33.5 Å². The number of hydrogen-bond donors (Lipinski definition) is 0. The zero-order chi connectivity index (χ0) is 20.1. The third kappa shape index (κ3) is 8.68. The van der Waals surface area contributed by atoms with Crippen LogP contribution >= 0.6 is 11.3 Å². The second kappa shape index (κ2) is 12.9. The molecule has 0 saturated heterocycles. The van der Waals surface area contributed by atoms with Crippen molar-refractivity contribution >= 4 is 41.4 Å². The van der Waals surface area contributed by atoms with Crippen LogP contribution < -0.4 is 0 Å². The highest BCUT2D eigenvalue weighted by molar-refractivity contribution is 7.14. The molecule has 0 amide bonds. The van der Waals surface area contributed by atoms with Crippen LogP contribution in [0.1, 0.15) is 59.6 Å². The summed E-state index contributed by atoms with van der Waals surface area (Å²) < 4.78 is 14.9. The number of esters is 3. The van der Waals surface area contributed by atoms with Crippen molar-refractivity contribution in [3.63, 3.8) is 0 Å². The van der Waals surface area contributed by atoms with Gasteiger partial charge in [0.05, 0.1) is 25.9 Å². The smallest absolute Gasteiger partial charge is 0.339 e. The van der Waals surface area contributed by atoms with E-state index >= 15 is 0 Å². The van der Waals surface area contributed by atoms with Crippen molar-refractivity contribution in [3.8, 4) is 0 Å². The first kappa shape index (κ1) is 22.6. The van der Waals surface area contributed by atoms with Crippen molar-refractivity contribution in [2.45, 2.75) is 39.5 Å². The van der Waals surface area contributed by atoms with Crippen LogP contribution in [0.25, 0.3) is 12.2 Å². The van der Waals surface area contributed by atoms with E-state index in [1.807, 2.05) is 13.8 Å². The van der Waals surface area contributed by atoms with E-state index in [-0.39, 0.29) is 0 Å². The molecule has 0 N–H and O–H groups in total. The quantitative estimate of drug-likeness (QED) is 0.242. The Labute approximate surface area is 163 Å². The summed E-state index contributed by atoms with van der Waals surface area (Å²) >= 11 is 1.25. The first-order valence-corrected chi connectivity index (χ1v) is 9.75. The van der Waals surface area contributed by atoms with Gasteiger partial charge in [-0.2, -0.15) is 0 Å². The molecule has 0 aliphatic carbocycles. The first-order chi connectivity index (χ1) is 13.0. The maximum Gasteiger partial charge on any atom is 0.339 e. The van der Waals surface area contributed by atoms with E-state index in [0.29, 0.717) is 28.5 Å². The normalized spacial score (nSPS) is 11.1. The minimum absolute atomic E-state index is 0.319. The lowest BCUT2D eigenvalue weighted by molar-refractivity contribution is -0.138. The molecule has 0 unspecified atom stereocenters. The van der Waals surface area contributed by atoms with Crippen LogP contribution in [0.15, 0.2) is 18.2 Å². The fraction of sp³-hybridized carbons (Fsp3) is 0.450. The lowest BCUT2D eigenvalue weighted by Gasteiger charge is -1.99. The molecular formula is C20H26O6S. The van der Waals surface area contributed by atoms with Crippen LogP contribution in [0.4, 0.5) is 0 Å². The van der Waals surface area contributed by atoms with E-state index in [1.54, 1.807) is 12.1 Å². The van der Waals surface area contributed by atoms with E-state index in [1.165, 1.54) is 36.7 Å². The molecule has 148 valence electrons. The zero-order valence-electron chi connectivity index (χ0n) is 16.0. The molecule has 0 aliphatic rings. The van der Waals surface area contributed by atoms with Gasteiger partial charge in [0.2, 0.25) is 0 Å². The molecule has 27 heavy (non-hydrogen) atoms. The van der Waals surface area contributed by atoms with Gasteiger partial charge in [0.25, 0.3) is 0 Å². The van der Waals surface area contributed by atoms with Crippen molar-refractivity contribution in [2.75, 3.05) is 20.3 Å². The van der Waals surface area contributed by atoms with E-state index in [9.17, 15) is 14.4 Å². The molecule has 1 aromatic rings. The molecule has 6 nitrogen and oxygen atoms in total. The van der Waals surface area contributed by atoms with Gasteiger partial charge in [-0.25, -0.2) is 14.4 Å². The van der Waals surface area contributed by atoms with Crippen LogP contribution in [0.5, 0.6) is 0 Å². The highest BCUT2D eigenvalue weighted by Crippen LogP contribution is 2.26. The lowest BCUT2D eigenvalue weighted by atomic mass is 10.2. The number of carbonyl (C=O) groups excluding carboxylic acids is 3. The number of thiophene rings is 1. The molecule has 0 saturated carbocycles. The Bertz CT molecular complexity index is 687. The van der Waals surface area contributed by atoms with Gasteiger partial charge in [-0.1, -0.05) is 26.7 Å². The second-order valence-electron chi connectivity index (χ2n) is 5.63. The average Bonchev–Trinajstić information content (AvgIpc) is 3.07. The standard InChI is InChI=1S/C20H26O6S/c1-4-6-12-25-18(21)10-8-15-14-16(20(23)24-3)17(27-15)9-11-19(22)26-13-7-5-2/h8-11,14H,4-7,12-13H2,1-3H3/b10-8+,11-9+. The van der Waals surface area contributed by atoms with Gasteiger partial charge in [-0.3, -0.25) is 0 Å². The number of carbonyl (C=O) groups is 3. The molecule has 0 radical (unpaired) electrons. The maximum atomic E-state index is 11.9. The van der Waals surface area contributed by atoms with Crippen molar-refractivity contribution in [1.82, 2.24) is 0 Å². The molecule has 0 bridgehead atoms. The van der Waals surface area contributed by atoms with Crippen molar-refractivity contribution in [2.24, 2.45) is 0 Å². The molecular weight excluding hydrogens is 368 g/mol. The van der Waals surface area contributed by atoms with Crippen LogP contribution in [-0.4, -0.2) is 38.2 Å². The summed E-state index contributed by atoms with van der Waals surface area (Å²) in [5, 5.41) is 0. The van der Waals surface area contributed by atoms with Crippen LogP contribution in [0, 0.1) is 0 Å².